The molecular formula is C5H12N4O2. The monoisotopic (exact) mass is 160 g/mol. The second kappa shape index (κ2) is 4.62. The first-order chi connectivity index (χ1) is 5.07. The lowest BCUT2D eigenvalue weighted by Crippen LogP contribution is -2.37. The van der Waals surface area contributed by atoms with Crippen molar-refractivity contribution in [1.82, 2.24) is 0 Å². The van der Waals surface area contributed by atoms with E-state index >= 15 is 0 Å². The summed E-state index contributed by atoms with van der Waals surface area (Å²) in [6.45, 7) is 0.0978. The first-order valence-electron chi connectivity index (χ1n) is 3.17. The van der Waals surface area contributed by atoms with Gasteiger partial charge in [0.2, 0.25) is 5.91 Å². The molecule has 0 bridgehead atoms. The molecule has 1 amide bonds. The second-order valence-corrected chi connectivity index (χ2v) is 2.07. The van der Waals surface area contributed by atoms with Gasteiger partial charge < -0.3 is 16.7 Å². The molecule has 0 saturated heterocycles. The third kappa shape index (κ3) is 4.26. The molecule has 0 aliphatic carbocycles. The Morgan fingerprint density at radius 1 is 1.82 bits per heavy atom. The van der Waals surface area contributed by atoms with E-state index in [0.29, 0.717) is 4.86 Å². The average molecular weight is 160 g/mol. The first-order valence-corrected chi connectivity index (χ1v) is 3.17. The van der Waals surface area contributed by atoms with Crippen LogP contribution in [0, 0.1) is 5.21 Å². The van der Waals surface area contributed by atoms with E-state index in [9.17, 15) is 10.0 Å². The minimum Gasteiger partial charge on any atom is -0.600 e. The Balaban J connectivity index is 3.62. The van der Waals surface area contributed by atoms with Crippen LogP contribution >= 0.6 is 0 Å². The van der Waals surface area contributed by atoms with Crippen molar-refractivity contribution < 1.29 is 9.66 Å². The molecule has 0 saturated carbocycles. The first kappa shape index (κ1) is 9.83. The summed E-state index contributed by atoms with van der Waals surface area (Å²) in [6.07, 6.45) is 0.232. The maximum absolute atomic E-state index is 10.5. The summed E-state index contributed by atoms with van der Waals surface area (Å²) in [5.74, 6) is -0.602. The highest BCUT2D eigenvalue weighted by Crippen LogP contribution is 1.87. The maximum atomic E-state index is 10.5. The van der Waals surface area contributed by atoms with E-state index in [0.717, 1.165) is 0 Å². The van der Waals surface area contributed by atoms with Crippen LogP contribution in [0.1, 0.15) is 6.42 Å². The van der Waals surface area contributed by atoms with E-state index in [1.54, 1.807) is 0 Å². The number of hydrogen-bond acceptors (Lipinski definition) is 4. The van der Waals surface area contributed by atoms with E-state index in [4.69, 9.17) is 11.5 Å². The van der Waals surface area contributed by atoms with Gasteiger partial charge in [-0.15, -0.1) is 0 Å². The summed E-state index contributed by atoms with van der Waals surface area (Å²) in [4.78, 5) is 10.8. The number of nitrogens with zero attached hydrogens (tertiary/aromatic N) is 2. The summed E-state index contributed by atoms with van der Waals surface area (Å²) in [5.41, 5.74) is 10.1. The lowest BCUT2D eigenvalue weighted by molar-refractivity contribution is -0.528. The van der Waals surface area contributed by atoms with Gasteiger partial charge in [-0.2, -0.15) is 0 Å². The predicted molar refractivity (Wildman–Crippen MR) is 38.6 cm³/mol. The number of azo groups is 1. The van der Waals surface area contributed by atoms with Crippen LogP contribution < -0.4 is 11.5 Å². The van der Waals surface area contributed by atoms with Crippen molar-refractivity contribution in [2.75, 3.05) is 13.6 Å². The fourth-order valence-corrected chi connectivity index (χ4v) is 0.492. The Kier molecular flexibility index (Phi) is 4.12. The number of carbonyl (C=O) groups is 1. The molecule has 0 spiro atoms. The highest BCUT2D eigenvalue weighted by molar-refractivity contribution is 5.79. The van der Waals surface area contributed by atoms with Crippen molar-refractivity contribution in [2.24, 2.45) is 16.6 Å². The van der Waals surface area contributed by atoms with Gasteiger partial charge in [-0.3, -0.25) is 4.79 Å². The largest absolute Gasteiger partial charge is 0.600 e. The number of primary amides is 1. The molecule has 1 atom stereocenters. The smallest absolute Gasteiger partial charge is 0.234 e. The highest BCUT2D eigenvalue weighted by Gasteiger charge is 2.10. The summed E-state index contributed by atoms with van der Waals surface area (Å²) < 4.78 is 0. The summed E-state index contributed by atoms with van der Waals surface area (Å²) in [6, 6.07) is -0.756. The number of amides is 1. The normalized spacial score (nSPS) is 14.5. The van der Waals surface area contributed by atoms with Gasteiger partial charge >= 0.3 is 0 Å². The molecule has 64 valence electrons. The van der Waals surface area contributed by atoms with Crippen LogP contribution in [0.15, 0.2) is 5.11 Å². The molecule has 0 rings (SSSR count). The molecule has 0 aromatic heterocycles. The molecule has 0 aliphatic heterocycles. The van der Waals surface area contributed by atoms with Crippen molar-refractivity contribution in [2.45, 2.75) is 12.5 Å². The molecule has 0 aliphatic rings. The number of carbonyl (C=O) groups excluding carboxylic acids is 1. The third-order valence-corrected chi connectivity index (χ3v) is 1.22. The maximum Gasteiger partial charge on any atom is 0.234 e. The van der Waals surface area contributed by atoms with Crippen LogP contribution in [0.4, 0.5) is 0 Å². The highest BCUT2D eigenvalue weighted by atomic mass is 16.5. The fraction of sp³-hybridized carbons (Fsp3) is 0.800. The Hall–Kier alpha value is -1.17. The van der Waals surface area contributed by atoms with E-state index < -0.39 is 11.9 Å². The Morgan fingerprint density at radius 3 is 2.73 bits per heavy atom. The molecular weight excluding hydrogens is 148 g/mol. The minimum atomic E-state index is -0.756. The van der Waals surface area contributed by atoms with Gasteiger partial charge in [0.25, 0.3) is 0 Å². The standard InChI is InChI=1S/C5H12N4O2/c1-8-9(11)3-2-4(6)5(7)10/h4H,2-3,6H2,1H3,(H2,7,10)/t4-/m0/s1. The van der Waals surface area contributed by atoms with Crippen LogP contribution in [0.25, 0.3) is 0 Å². The van der Waals surface area contributed by atoms with Crippen molar-refractivity contribution in [3.8, 4) is 0 Å². The SMILES string of the molecule is CN=[N+]([O-])CC[C@H](N)C(N)=O. The number of hydroxylamine groups is 1. The van der Waals surface area contributed by atoms with Crippen molar-refractivity contribution in [1.29, 1.82) is 0 Å². The summed E-state index contributed by atoms with van der Waals surface area (Å²) in [7, 11) is 1.36. The summed E-state index contributed by atoms with van der Waals surface area (Å²) in [5, 5.41) is 13.8. The van der Waals surface area contributed by atoms with Gasteiger partial charge in [0.1, 0.15) is 0 Å². The predicted octanol–water partition coefficient (Wildman–Crippen LogP) is -1.22. The lowest BCUT2D eigenvalue weighted by Gasteiger charge is -2.04. The van der Waals surface area contributed by atoms with Crippen LogP contribution in [0.2, 0.25) is 0 Å². The minimum absolute atomic E-state index is 0.0978. The zero-order valence-corrected chi connectivity index (χ0v) is 6.36. The van der Waals surface area contributed by atoms with Gasteiger partial charge in [0, 0.05) is 6.42 Å². The fourth-order valence-electron chi connectivity index (χ4n) is 0.492. The van der Waals surface area contributed by atoms with Gasteiger partial charge in [0.15, 0.2) is 6.54 Å². The number of hydrogen-bond donors (Lipinski definition) is 2. The quantitative estimate of drug-likeness (QED) is 0.305. The topological polar surface area (TPSA) is 108 Å². The Bertz CT molecular complexity index is 168. The van der Waals surface area contributed by atoms with Gasteiger partial charge in [-0.05, 0) is 5.11 Å². The molecule has 0 fully saturated rings. The van der Waals surface area contributed by atoms with Crippen LogP contribution in [-0.4, -0.2) is 30.4 Å². The Morgan fingerprint density at radius 2 is 2.36 bits per heavy atom. The molecule has 0 radical (unpaired) electrons. The molecule has 0 aromatic rings. The molecule has 4 N–H and O–H groups in total. The molecule has 0 unspecified atom stereocenters. The van der Waals surface area contributed by atoms with Gasteiger partial charge in [-0.25, -0.2) is 0 Å². The van der Waals surface area contributed by atoms with Gasteiger partial charge in [-0.1, -0.05) is 4.86 Å². The number of nitrogens with two attached hydrogens (primary N) is 2. The van der Waals surface area contributed by atoms with Crippen LogP contribution in [0.5, 0.6) is 0 Å². The Labute approximate surface area is 64.4 Å². The third-order valence-electron chi connectivity index (χ3n) is 1.22. The zero-order chi connectivity index (χ0) is 8.85. The van der Waals surface area contributed by atoms with Crippen molar-refractivity contribution in [3.05, 3.63) is 5.21 Å². The molecule has 6 heteroatoms. The molecule has 6 nitrogen and oxygen atoms in total. The van der Waals surface area contributed by atoms with E-state index in [1.807, 2.05) is 0 Å². The molecule has 0 heterocycles. The van der Waals surface area contributed by atoms with E-state index in [-0.39, 0.29) is 13.0 Å². The van der Waals surface area contributed by atoms with Crippen LogP contribution in [0.3, 0.4) is 0 Å². The molecule has 0 aromatic carbocycles. The number of rotatable bonds is 4. The van der Waals surface area contributed by atoms with Crippen LogP contribution in [-0.2, 0) is 4.79 Å². The average Bonchev–Trinajstić information content (AvgIpc) is 1.99. The second-order valence-electron chi connectivity index (χ2n) is 2.07. The lowest BCUT2D eigenvalue weighted by atomic mass is 10.2. The van der Waals surface area contributed by atoms with Gasteiger partial charge in [0.05, 0.1) is 13.1 Å². The van der Waals surface area contributed by atoms with E-state index in [1.165, 1.54) is 7.05 Å². The molecule has 11 heavy (non-hydrogen) atoms. The van der Waals surface area contributed by atoms with Crippen molar-refractivity contribution >= 4 is 5.91 Å². The summed E-state index contributed by atoms with van der Waals surface area (Å²) >= 11 is 0. The van der Waals surface area contributed by atoms with E-state index in [2.05, 4.69) is 5.11 Å². The van der Waals surface area contributed by atoms with Crippen molar-refractivity contribution in [3.63, 3.8) is 0 Å². The zero-order valence-electron chi connectivity index (χ0n) is 6.36.